The Morgan fingerprint density at radius 2 is 1.85 bits per heavy atom. The van der Waals surface area contributed by atoms with Crippen molar-refractivity contribution in [1.29, 1.82) is 0 Å². The summed E-state index contributed by atoms with van der Waals surface area (Å²) >= 11 is 0. The molecule has 0 unspecified atom stereocenters. The van der Waals surface area contributed by atoms with Crippen molar-refractivity contribution in [3.05, 3.63) is 42.0 Å². The lowest BCUT2D eigenvalue weighted by molar-refractivity contribution is 0.204. The number of piperazine rings is 1. The molecule has 1 saturated heterocycles. The SMILES string of the molecule is C=CCN1CCN(S(=O)(=O)c2ccc(C)cc2C)CC1. The molecule has 0 amide bonds. The number of nitrogens with zero attached hydrogens (tertiary/aromatic N) is 2. The molecule has 0 aliphatic carbocycles. The van der Waals surface area contributed by atoms with E-state index in [9.17, 15) is 8.42 Å². The minimum atomic E-state index is -3.37. The molecular formula is C15H22N2O2S. The molecule has 1 heterocycles. The molecule has 20 heavy (non-hydrogen) atoms. The van der Waals surface area contributed by atoms with Crippen molar-refractivity contribution in [2.75, 3.05) is 32.7 Å². The molecule has 0 spiro atoms. The fraction of sp³-hybridized carbons (Fsp3) is 0.467. The second-order valence-electron chi connectivity index (χ2n) is 5.26. The van der Waals surface area contributed by atoms with Gasteiger partial charge in [-0.1, -0.05) is 23.8 Å². The molecular weight excluding hydrogens is 272 g/mol. The fourth-order valence-electron chi connectivity index (χ4n) is 2.56. The van der Waals surface area contributed by atoms with Gasteiger partial charge in [0, 0.05) is 32.7 Å². The van der Waals surface area contributed by atoms with E-state index in [4.69, 9.17) is 0 Å². The van der Waals surface area contributed by atoms with Gasteiger partial charge in [-0.05, 0) is 25.5 Å². The standard InChI is InChI=1S/C15H22N2O2S/c1-4-7-16-8-10-17(11-9-16)20(18,19)15-6-5-13(2)12-14(15)3/h4-6,12H,1,7-11H2,2-3H3. The third kappa shape index (κ3) is 3.11. The molecule has 110 valence electrons. The van der Waals surface area contributed by atoms with Gasteiger partial charge in [-0.3, -0.25) is 4.90 Å². The van der Waals surface area contributed by atoms with Crippen LogP contribution in [0.2, 0.25) is 0 Å². The molecule has 4 nitrogen and oxygen atoms in total. The predicted octanol–water partition coefficient (Wildman–Crippen LogP) is 1.80. The van der Waals surface area contributed by atoms with E-state index in [1.165, 1.54) is 0 Å². The Morgan fingerprint density at radius 1 is 1.20 bits per heavy atom. The normalized spacial score (nSPS) is 18.1. The summed E-state index contributed by atoms with van der Waals surface area (Å²) in [5, 5.41) is 0. The molecule has 0 aromatic heterocycles. The van der Waals surface area contributed by atoms with Crippen molar-refractivity contribution in [3.8, 4) is 0 Å². The first-order valence-electron chi connectivity index (χ1n) is 6.86. The smallest absolute Gasteiger partial charge is 0.243 e. The maximum Gasteiger partial charge on any atom is 0.243 e. The highest BCUT2D eigenvalue weighted by molar-refractivity contribution is 7.89. The van der Waals surface area contributed by atoms with E-state index < -0.39 is 10.0 Å². The van der Waals surface area contributed by atoms with Crippen molar-refractivity contribution in [2.24, 2.45) is 0 Å². The molecule has 2 rings (SSSR count). The van der Waals surface area contributed by atoms with E-state index in [0.29, 0.717) is 18.0 Å². The van der Waals surface area contributed by atoms with Crippen molar-refractivity contribution >= 4 is 10.0 Å². The van der Waals surface area contributed by atoms with Crippen molar-refractivity contribution in [2.45, 2.75) is 18.7 Å². The van der Waals surface area contributed by atoms with Crippen LogP contribution in [0.25, 0.3) is 0 Å². The van der Waals surface area contributed by atoms with Gasteiger partial charge in [-0.2, -0.15) is 4.31 Å². The van der Waals surface area contributed by atoms with E-state index in [1.807, 2.05) is 32.1 Å². The van der Waals surface area contributed by atoms with E-state index in [-0.39, 0.29) is 0 Å². The fourth-order valence-corrected chi connectivity index (χ4v) is 4.19. The van der Waals surface area contributed by atoms with Crippen LogP contribution in [-0.2, 0) is 10.0 Å². The first kappa shape index (κ1) is 15.2. The Morgan fingerprint density at radius 3 is 2.40 bits per heavy atom. The van der Waals surface area contributed by atoms with E-state index in [2.05, 4.69) is 11.5 Å². The van der Waals surface area contributed by atoms with Crippen LogP contribution in [0.5, 0.6) is 0 Å². The second-order valence-corrected chi connectivity index (χ2v) is 7.17. The summed E-state index contributed by atoms with van der Waals surface area (Å²) < 4.78 is 26.9. The van der Waals surface area contributed by atoms with Crippen LogP contribution in [0.1, 0.15) is 11.1 Å². The molecule has 1 aromatic rings. The Hall–Kier alpha value is -1.17. The molecule has 0 radical (unpaired) electrons. The summed E-state index contributed by atoms with van der Waals surface area (Å²) in [5.74, 6) is 0. The topological polar surface area (TPSA) is 40.6 Å². The van der Waals surface area contributed by atoms with Crippen molar-refractivity contribution < 1.29 is 8.42 Å². The first-order chi connectivity index (χ1) is 9.45. The quantitative estimate of drug-likeness (QED) is 0.795. The minimum Gasteiger partial charge on any atom is -0.297 e. The van der Waals surface area contributed by atoms with Crippen LogP contribution in [0.15, 0.2) is 35.7 Å². The molecule has 0 N–H and O–H groups in total. The van der Waals surface area contributed by atoms with Crippen LogP contribution < -0.4 is 0 Å². The zero-order valence-corrected chi connectivity index (χ0v) is 13.0. The van der Waals surface area contributed by atoms with Crippen LogP contribution in [0.3, 0.4) is 0 Å². The lowest BCUT2D eigenvalue weighted by Crippen LogP contribution is -2.48. The number of sulfonamides is 1. The van der Waals surface area contributed by atoms with Crippen LogP contribution >= 0.6 is 0 Å². The summed E-state index contributed by atoms with van der Waals surface area (Å²) in [6.07, 6.45) is 1.86. The van der Waals surface area contributed by atoms with E-state index in [1.54, 1.807) is 10.4 Å². The van der Waals surface area contributed by atoms with Gasteiger partial charge in [0.1, 0.15) is 0 Å². The highest BCUT2D eigenvalue weighted by Crippen LogP contribution is 2.22. The predicted molar refractivity (Wildman–Crippen MR) is 81.3 cm³/mol. The van der Waals surface area contributed by atoms with Crippen LogP contribution in [0, 0.1) is 13.8 Å². The summed E-state index contributed by atoms with van der Waals surface area (Å²) in [6, 6.07) is 5.49. The summed E-state index contributed by atoms with van der Waals surface area (Å²) in [6.45, 7) is 11.0. The summed E-state index contributed by atoms with van der Waals surface area (Å²) in [7, 11) is -3.37. The molecule has 1 aliphatic heterocycles. The Bertz CT molecular complexity index is 588. The van der Waals surface area contributed by atoms with Gasteiger partial charge in [-0.15, -0.1) is 6.58 Å². The first-order valence-corrected chi connectivity index (χ1v) is 8.30. The molecule has 1 aliphatic rings. The van der Waals surface area contributed by atoms with Gasteiger partial charge < -0.3 is 0 Å². The molecule has 1 fully saturated rings. The van der Waals surface area contributed by atoms with Gasteiger partial charge in [0.05, 0.1) is 4.90 Å². The lowest BCUT2D eigenvalue weighted by atomic mass is 10.2. The van der Waals surface area contributed by atoms with Crippen LogP contribution in [0.4, 0.5) is 0 Å². The Kier molecular flexibility index (Phi) is 4.62. The van der Waals surface area contributed by atoms with Crippen molar-refractivity contribution in [1.82, 2.24) is 9.21 Å². The molecule has 0 saturated carbocycles. The van der Waals surface area contributed by atoms with Gasteiger partial charge in [-0.25, -0.2) is 8.42 Å². The Balaban J connectivity index is 2.17. The van der Waals surface area contributed by atoms with Gasteiger partial charge in [0.2, 0.25) is 10.0 Å². The second kappa shape index (κ2) is 6.08. The number of rotatable bonds is 4. The largest absolute Gasteiger partial charge is 0.297 e. The number of hydrogen-bond donors (Lipinski definition) is 0. The third-order valence-electron chi connectivity index (χ3n) is 3.67. The van der Waals surface area contributed by atoms with Gasteiger partial charge in [0.15, 0.2) is 0 Å². The average Bonchev–Trinajstić information content (AvgIpc) is 2.39. The Labute approximate surface area is 121 Å². The average molecular weight is 294 g/mol. The number of aryl methyl sites for hydroxylation is 2. The number of benzene rings is 1. The lowest BCUT2D eigenvalue weighted by Gasteiger charge is -2.33. The molecule has 1 aromatic carbocycles. The van der Waals surface area contributed by atoms with Crippen molar-refractivity contribution in [3.63, 3.8) is 0 Å². The number of hydrogen-bond acceptors (Lipinski definition) is 3. The zero-order valence-electron chi connectivity index (χ0n) is 12.2. The van der Waals surface area contributed by atoms with Crippen LogP contribution in [-0.4, -0.2) is 50.3 Å². The summed E-state index contributed by atoms with van der Waals surface area (Å²) in [4.78, 5) is 2.64. The van der Waals surface area contributed by atoms with Gasteiger partial charge in [0.25, 0.3) is 0 Å². The summed E-state index contributed by atoms with van der Waals surface area (Å²) in [5.41, 5.74) is 1.90. The highest BCUT2D eigenvalue weighted by Gasteiger charge is 2.29. The van der Waals surface area contributed by atoms with E-state index >= 15 is 0 Å². The van der Waals surface area contributed by atoms with Gasteiger partial charge >= 0.3 is 0 Å². The molecule has 5 heteroatoms. The molecule has 0 atom stereocenters. The highest BCUT2D eigenvalue weighted by atomic mass is 32.2. The maximum atomic E-state index is 12.7. The van der Waals surface area contributed by atoms with E-state index in [0.717, 1.165) is 30.8 Å². The maximum absolute atomic E-state index is 12.7. The zero-order chi connectivity index (χ0) is 14.8. The molecule has 0 bridgehead atoms. The minimum absolute atomic E-state index is 0.431. The third-order valence-corrected chi connectivity index (χ3v) is 5.73. The monoisotopic (exact) mass is 294 g/mol.